The lowest BCUT2D eigenvalue weighted by molar-refractivity contribution is 0.409. The van der Waals surface area contributed by atoms with Gasteiger partial charge in [0.15, 0.2) is 0 Å². The van der Waals surface area contributed by atoms with Gasteiger partial charge < -0.3 is 15.5 Å². The lowest BCUT2D eigenvalue weighted by Crippen LogP contribution is -2.34. The Morgan fingerprint density at radius 3 is 2.47 bits per heavy atom. The quantitative estimate of drug-likeness (QED) is 0.796. The van der Waals surface area contributed by atoms with Crippen LogP contribution in [-0.2, 0) is 0 Å². The number of benzene rings is 1. The highest BCUT2D eigenvalue weighted by Crippen LogP contribution is 2.21. The summed E-state index contributed by atoms with van der Waals surface area (Å²) >= 11 is 0. The molecule has 0 aliphatic rings. The number of nitriles is 1. The van der Waals surface area contributed by atoms with Gasteiger partial charge in [-0.2, -0.15) is 5.26 Å². The molecule has 0 bridgehead atoms. The molecule has 0 unspecified atom stereocenters. The summed E-state index contributed by atoms with van der Waals surface area (Å²) < 4.78 is 0. The fourth-order valence-corrected chi connectivity index (χ4v) is 1.93. The average molecular weight is 260 g/mol. The minimum atomic E-state index is 0.545. The van der Waals surface area contributed by atoms with Crippen molar-refractivity contribution >= 4 is 11.4 Å². The molecular formula is C15H24N4. The van der Waals surface area contributed by atoms with Gasteiger partial charge in [0.1, 0.15) is 6.07 Å². The van der Waals surface area contributed by atoms with Crippen molar-refractivity contribution in [3.63, 3.8) is 0 Å². The Morgan fingerprint density at radius 2 is 1.95 bits per heavy atom. The number of likely N-dealkylation sites (N-methyl/N-ethyl adjacent to an activating group) is 1. The summed E-state index contributed by atoms with van der Waals surface area (Å²) in [4.78, 5) is 4.47. The second-order valence-electron chi connectivity index (χ2n) is 5.53. The maximum Gasteiger partial charge on any atom is 0.101 e. The molecule has 4 nitrogen and oxygen atoms in total. The number of nitrogen functional groups attached to an aromatic ring is 1. The SMILES string of the molecule is CC(C)CN(CCN(C)C)c1ccc(N)c(C#N)c1. The first-order chi connectivity index (χ1) is 8.93. The van der Waals surface area contributed by atoms with Crippen LogP contribution in [0.1, 0.15) is 19.4 Å². The summed E-state index contributed by atoms with van der Waals surface area (Å²) in [5.41, 5.74) is 7.94. The van der Waals surface area contributed by atoms with Crippen molar-refractivity contribution in [1.82, 2.24) is 4.90 Å². The van der Waals surface area contributed by atoms with E-state index in [-0.39, 0.29) is 0 Å². The van der Waals surface area contributed by atoms with Gasteiger partial charge in [-0.1, -0.05) is 13.8 Å². The third kappa shape index (κ3) is 4.80. The summed E-state index contributed by atoms with van der Waals surface area (Å²) in [6.45, 7) is 7.30. The van der Waals surface area contributed by atoms with Crippen LogP contribution in [-0.4, -0.2) is 38.6 Å². The molecule has 1 aromatic rings. The van der Waals surface area contributed by atoms with Crippen LogP contribution in [0.5, 0.6) is 0 Å². The van der Waals surface area contributed by atoms with Crippen LogP contribution < -0.4 is 10.6 Å². The minimum Gasteiger partial charge on any atom is -0.398 e. The Hall–Kier alpha value is -1.73. The highest BCUT2D eigenvalue weighted by Gasteiger charge is 2.11. The summed E-state index contributed by atoms with van der Waals surface area (Å²) in [5, 5.41) is 9.07. The van der Waals surface area contributed by atoms with Crippen LogP contribution in [0.15, 0.2) is 18.2 Å². The first-order valence-corrected chi connectivity index (χ1v) is 6.63. The Morgan fingerprint density at radius 1 is 1.26 bits per heavy atom. The van der Waals surface area contributed by atoms with Crippen LogP contribution in [0.4, 0.5) is 11.4 Å². The van der Waals surface area contributed by atoms with Gasteiger partial charge in [-0.3, -0.25) is 0 Å². The maximum atomic E-state index is 9.07. The van der Waals surface area contributed by atoms with Gasteiger partial charge in [-0.05, 0) is 38.2 Å². The van der Waals surface area contributed by atoms with Crippen LogP contribution in [0.2, 0.25) is 0 Å². The van der Waals surface area contributed by atoms with Gasteiger partial charge in [-0.25, -0.2) is 0 Å². The standard InChI is InChI=1S/C15H24N4/c1-12(2)11-19(8-7-18(3)4)14-5-6-15(17)13(9-14)10-16/h5-6,9,12H,7-8,11,17H2,1-4H3. The van der Waals surface area contributed by atoms with Crippen molar-refractivity contribution in [2.24, 2.45) is 5.92 Å². The normalized spacial score (nSPS) is 10.8. The molecule has 19 heavy (non-hydrogen) atoms. The van der Waals surface area contributed by atoms with E-state index in [2.05, 4.69) is 43.8 Å². The van der Waals surface area contributed by atoms with E-state index < -0.39 is 0 Å². The molecule has 0 aromatic heterocycles. The van der Waals surface area contributed by atoms with Crippen molar-refractivity contribution in [3.05, 3.63) is 23.8 Å². The molecule has 0 fully saturated rings. The van der Waals surface area contributed by atoms with E-state index in [9.17, 15) is 0 Å². The van der Waals surface area contributed by atoms with Gasteiger partial charge in [0.05, 0.1) is 5.56 Å². The Bertz CT molecular complexity index is 446. The first-order valence-electron chi connectivity index (χ1n) is 6.63. The molecule has 0 amide bonds. The predicted molar refractivity (Wildman–Crippen MR) is 81.2 cm³/mol. The number of nitrogens with zero attached hydrogens (tertiary/aromatic N) is 3. The van der Waals surface area contributed by atoms with E-state index in [4.69, 9.17) is 11.0 Å². The smallest absolute Gasteiger partial charge is 0.101 e. The molecule has 0 spiro atoms. The zero-order valence-electron chi connectivity index (χ0n) is 12.3. The fourth-order valence-electron chi connectivity index (χ4n) is 1.93. The highest BCUT2D eigenvalue weighted by molar-refractivity contribution is 5.62. The summed E-state index contributed by atoms with van der Waals surface area (Å²) in [6.07, 6.45) is 0. The zero-order chi connectivity index (χ0) is 14.4. The van der Waals surface area contributed by atoms with Gasteiger partial charge in [-0.15, -0.1) is 0 Å². The van der Waals surface area contributed by atoms with Gasteiger partial charge >= 0.3 is 0 Å². The summed E-state index contributed by atoms with van der Waals surface area (Å²) in [7, 11) is 4.13. The molecule has 1 aromatic carbocycles. The van der Waals surface area contributed by atoms with Crippen LogP contribution >= 0.6 is 0 Å². The third-order valence-corrected chi connectivity index (χ3v) is 2.93. The van der Waals surface area contributed by atoms with E-state index in [1.807, 2.05) is 18.2 Å². The molecular weight excluding hydrogens is 236 g/mol. The number of hydrogen-bond donors (Lipinski definition) is 1. The molecule has 1 rings (SSSR count). The van der Waals surface area contributed by atoms with Crippen molar-refractivity contribution < 1.29 is 0 Å². The Labute approximate surface area is 116 Å². The molecule has 0 atom stereocenters. The molecule has 0 radical (unpaired) electrons. The van der Waals surface area contributed by atoms with E-state index >= 15 is 0 Å². The highest BCUT2D eigenvalue weighted by atomic mass is 15.2. The fraction of sp³-hybridized carbons (Fsp3) is 0.533. The monoisotopic (exact) mass is 260 g/mol. The van der Waals surface area contributed by atoms with Gasteiger partial charge in [0, 0.05) is 31.0 Å². The first kappa shape index (κ1) is 15.3. The summed E-state index contributed by atoms with van der Waals surface area (Å²) in [5.74, 6) is 0.574. The predicted octanol–water partition coefficient (Wildman–Crippen LogP) is 2.16. The number of nitrogens with two attached hydrogens (primary N) is 1. The second-order valence-corrected chi connectivity index (χ2v) is 5.53. The summed E-state index contributed by atoms with van der Waals surface area (Å²) in [6, 6.07) is 7.84. The topological polar surface area (TPSA) is 56.3 Å². The maximum absolute atomic E-state index is 9.07. The van der Waals surface area contributed by atoms with E-state index in [0.29, 0.717) is 17.2 Å². The van der Waals surface area contributed by atoms with Crippen molar-refractivity contribution in [1.29, 1.82) is 5.26 Å². The molecule has 0 heterocycles. The van der Waals surface area contributed by atoms with Crippen LogP contribution in [0.3, 0.4) is 0 Å². The average Bonchev–Trinajstić information content (AvgIpc) is 2.34. The number of rotatable bonds is 6. The van der Waals surface area contributed by atoms with Crippen molar-refractivity contribution in [2.75, 3.05) is 44.4 Å². The molecule has 0 saturated heterocycles. The zero-order valence-corrected chi connectivity index (χ0v) is 12.3. The van der Waals surface area contributed by atoms with Crippen LogP contribution in [0, 0.1) is 17.2 Å². The van der Waals surface area contributed by atoms with Crippen molar-refractivity contribution in [2.45, 2.75) is 13.8 Å². The van der Waals surface area contributed by atoms with Crippen molar-refractivity contribution in [3.8, 4) is 6.07 Å². The lowest BCUT2D eigenvalue weighted by atomic mass is 10.1. The molecule has 2 N–H and O–H groups in total. The Balaban J connectivity index is 2.93. The van der Waals surface area contributed by atoms with Gasteiger partial charge in [0.25, 0.3) is 0 Å². The largest absolute Gasteiger partial charge is 0.398 e. The lowest BCUT2D eigenvalue weighted by Gasteiger charge is -2.28. The number of anilines is 2. The molecule has 104 valence electrons. The van der Waals surface area contributed by atoms with E-state index in [1.54, 1.807) is 0 Å². The molecule has 0 aliphatic carbocycles. The second kappa shape index (κ2) is 7.01. The minimum absolute atomic E-state index is 0.545. The Kier molecular flexibility index (Phi) is 5.65. The van der Waals surface area contributed by atoms with Crippen LogP contribution in [0.25, 0.3) is 0 Å². The number of hydrogen-bond acceptors (Lipinski definition) is 4. The van der Waals surface area contributed by atoms with E-state index in [0.717, 1.165) is 25.3 Å². The molecule has 4 heteroatoms. The molecule has 0 saturated carbocycles. The third-order valence-electron chi connectivity index (χ3n) is 2.93. The van der Waals surface area contributed by atoms with Gasteiger partial charge in [0.2, 0.25) is 0 Å². The molecule has 0 aliphatic heterocycles. The van der Waals surface area contributed by atoms with E-state index in [1.165, 1.54) is 0 Å².